The molecule has 0 saturated heterocycles. The fourth-order valence-electron chi connectivity index (χ4n) is 1.73. The zero-order chi connectivity index (χ0) is 13.1. The highest BCUT2D eigenvalue weighted by molar-refractivity contribution is 6.02. The molecule has 100 valence electrons. The molecule has 1 heterocycles. The van der Waals surface area contributed by atoms with Gasteiger partial charge in [-0.05, 0) is 37.3 Å². The number of benzene rings is 1. The highest BCUT2D eigenvalue weighted by Gasteiger charge is 2.06. The van der Waals surface area contributed by atoms with Crippen molar-refractivity contribution in [2.75, 3.05) is 0 Å². The number of halogens is 1. The molecule has 0 atom stereocenters. The Hall–Kier alpha value is -2.27. The maximum Gasteiger partial charge on any atom is 0.280 e. The lowest BCUT2D eigenvalue weighted by molar-refractivity contribution is 0.100. The Morgan fingerprint density at radius 1 is 1.21 bits per heavy atom. The third kappa shape index (κ3) is 3.35. The Bertz CT molecular complexity index is 615. The molecule has 0 fully saturated rings. The molecule has 0 unspecified atom stereocenters. The van der Waals surface area contributed by atoms with Crippen molar-refractivity contribution in [1.29, 1.82) is 0 Å². The number of carbonyl (C=O) groups excluding carboxylic acids is 1. The van der Waals surface area contributed by atoms with Crippen molar-refractivity contribution < 1.29 is 4.79 Å². The van der Waals surface area contributed by atoms with Crippen molar-refractivity contribution in [2.24, 2.45) is 16.5 Å². The summed E-state index contributed by atoms with van der Waals surface area (Å²) in [5, 5.41) is 0. The van der Waals surface area contributed by atoms with Crippen molar-refractivity contribution in [3.63, 3.8) is 0 Å². The van der Waals surface area contributed by atoms with Crippen LogP contribution in [0.5, 0.6) is 0 Å². The lowest BCUT2D eigenvalue weighted by Gasteiger charge is -2.07. The summed E-state index contributed by atoms with van der Waals surface area (Å²) in [6, 6.07) is 11.1. The molecule has 0 saturated carbocycles. The molecule has 1 aromatic heterocycles. The van der Waals surface area contributed by atoms with Crippen molar-refractivity contribution in [1.82, 2.24) is 4.57 Å². The molecular weight excluding hydrogens is 264 g/mol. The van der Waals surface area contributed by atoms with E-state index in [0.29, 0.717) is 5.56 Å². The van der Waals surface area contributed by atoms with E-state index in [4.69, 9.17) is 11.5 Å². The first kappa shape index (κ1) is 14.8. The molecule has 0 spiro atoms. The van der Waals surface area contributed by atoms with Crippen LogP contribution in [0.25, 0.3) is 5.69 Å². The van der Waals surface area contributed by atoms with Gasteiger partial charge < -0.3 is 16.0 Å². The van der Waals surface area contributed by atoms with Crippen LogP contribution in [0.15, 0.2) is 47.6 Å². The smallest absolute Gasteiger partial charge is 0.280 e. The van der Waals surface area contributed by atoms with Crippen LogP contribution in [-0.4, -0.2) is 16.4 Å². The summed E-state index contributed by atoms with van der Waals surface area (Å²) in [6.45, 7) is 1.99. The topological polar surface area (TPSA) is 86.4 Å². The van der Waals surface area contributed by atoms with Crippen LogP contribution in [-0.2, 0) is 0 Å². The first-order valence-electron chi connectivity index (χ1n) is 5.46. The second-order valence-electron chi connectivity index (χ2n) is 3.91. The Morgan fingerprint density at radius 2 is 1.95 bits per heavy atom. The number of carbonyl (C=O) groups is 1. The van der Waals surface area contributed by atoms with Gasteiger partial charge in [0.2, 0.25) is 0 Å². The van der Waals surface area contributed by atoms with Crippen molar-refractivity contribution in [3.8, 4) is 5.69 Å². The van der Waals surface area contributed by atoms with Crippen molar-refractivity contribution in [2.45, 2.75) is 6.92 Å². The Labute approximate surface area is 117 Å². The molecule has 2 aromatic rings. The number of rotatable bonds is 2. The predicted octanol–water partition coefficient (Wildman–Crippen LogP) is 1.62. The van der Waals surface area contributed by atoms with Gasteiger partial charge >= 0.3 is 0 Å². The molecule has 0 bridgehead atoms. The van der Waals surface area contributed by atoms with E-state index in [-0.39, 0.29) is 18.4 Å². The van der Waals surface area contributed by atoms with E-state index in [9.17, 15) is 4.79 Å². The molecule has 4 N–H and O–H groups in total. The first-order chi connectivity index (χ1) is 8.58. The molecule has 0 aliphatic heterocycles. The van der Waals surface area contributed by atoms with E-state index in [1.165, 1.54) is 0 Å². The van der Waals surface area contributed by atoms with Gasteiger partial charge in [0.15, 0.2) is 5.96 Å². The molecule has 0 aliphatic carbocycles. The number of nitrogens with zero attached hydrogens (tertiary/aromatic N) is 2. The minimum Gasteiger partial charge on any atom is -0.370 e. The first-order valence-corrected chi connectivity index (χ1v) is 5.46. The summed E-state index contributed by atoms with van der Waals surface area (Å²) in [5.41, 5.74) is 12.8. The SMILES string of the molecule is Cc1cccn1-c1cccc(C(=O)N=C(N)N)c1.Cl. The fourth-order valence-corrected chi connectivity index (χ4v) is 1.73. The number of amides is 1. The lowest BCUT2D eigenvalue weighted by Crippen LogP contribution is -2.24. The van der Waals surface area contributed by atoms with Gasteiger partial charge in [-0.15, -0.1) is 12.4 Å². The zero-order valence-electron chi connectivity index (χ0n) is 10.4. The molecule has 0 radical (unpaired) electrons. The molecule has 19 heavy (non-hydrogen) atoms. The van der Waals surface area contributed by atoms with Crippen LogP contribution in [0.1, 0.15) is 16.1 Å². The van der Waals surface area contributed by atoms with Gasteiger partial charge in [0.05, 0.1) is 0 Å². The lowest BCUT2D eigenvalue weighted by atomic mass is 10.2. The fraction of sp³-hybridized carbons (Fsp3) is 0.0769. The zero-order valence-corrected chi connectivity index (χ0v) is 11.2. The van der Waals surface area contributed by atoms with Crippen LogP contribution in [0.3, 0.4) is 0 Å². The predicted molar refractivity (Wildman–Crippen MR) is 77.9 cm³/mol. The Morgan fingerprint density at radius 3 is 2.53 bits per heavy atom. The minimum atomic E-state index is -0.443. The van der Waals surface area contributed by atoms with Crippen LogP contribution in [0, 0.1) is 6.92 Å². The van der Waals surface area contributed by atoms with E-state index >= 15 is 0 Å². The number of hydrogen-bond donors (Lipinski definition) is 2. The van der Waals surface area contributed by atoms with Crippen molar-refractivity contribution in [3.05, 3.63) is 53.9 Å². The summed E-state index contributed by atoms with van der Waals surface area (Å²) in [7, 11) is 0. The van der Waals surface area contributed by atoms with Crippen LogP contribution >= 0.6 is 12.4 Å². The third-order valence-corrected chi connectivity index (χ3v) is 2.55. The highest BCUT2D eigenvalue weighted by atomic mass is 35.5. The van der Waals surface area contributed by atoms with Gasteiger partial charge in [0, 0.05) is 23.1 Å². The van der Waals surface area contributed by atoms with Gasteiger partial charge in [-0.25, -0.2) is 0 Å². The highest BCUT2D eigenvalue weighted by Crippen LogP contribution is 2.14. The summed E-state index contributed by atoms with van der Waals surface area (Å²) in [4.78, 5) is 15.2. The van der Waals surface area contributed by atoms with E-state index < -0.39 is 5.91 Å². The van der Waals surface area contributed by atoms with Gasteiger partial charge in [0.1, 0.15) is 0 Å². The van der Waals surface area contributed by atoms with Crippen molar-refractivity contribution >= 4 is 24.3 Å². The standard InChI is InChI=1S/C13H14N4O.ClH/c1-9-4-3-7-17(9)11-6-2-5-10(8-11)12(18)16-13(14)15;/h2-8H,1H3,(H4,14,15,16,18);1H. The summed E-state index contributed by atoms with van der Waals surface area (Å²) in [6.07, 6.45) is 1.93. The average molecular weight is 279 g/mol. The largest absolute Gasteiger partial charge is 0.370 e. The maximum absolute atomic E-state index is 11.7. The Balaban J connectivity index is 0.00000180. The second-order valence-corrected chi connectivity index (χ2v) is 3.91. The number of aryl methyl sites for hydroxylation is 1. The van der Waals surface area contributed by atoms with E-state index in [1.54, 1.807) is 18.2 Å². The maximum atomic E-state index is 11.7. The van der Waals surface area contributed by atoms with Crippen LogP contribution in [0.2, 0.25) is 0 Å². The normalized spacial score (nSPS) is 9.53. The molecule has 6 heteroatoms. The van der Waals surface area contributed by atoms with E-state index in [0.717, 1.165) is 11.4 Å². The number of aliphatic imine (C=N–C) groups is 1. The van der Waals surface area contributed by atoms with Gasteiger partial charge in [-0.2, -0.15) is 4.99 Å². The molecule has 5 nitrogen and oxygen atoms in total. The molecule has 1 aromatic carbocycles. The van der Waals surface area contributed by atoms with Gasteiger partial charge in [-0.3, -0.25) is 4.79 Å². The van der Waals surface area contributed by atoms with Crippen LogP contribution in [0.4, 0.5) is 0 Å². The third-order valence-electron chi connectivity index (χ3n) is 2.55. The Kier molecular flexibility index (Phi) is 4.72. The van der Waals surface area contributed by atoms with E-state index in [1.807, 2.05) is 35.9 Å². The number of hydrogen-bond acceptors (Lipinski definition) is 1. The molecule has 1 amide bonds. The minimum absolute atomic E-state index is 0. The number of guanidine groups is 1. The van der Waals surface area contributed by atoms with Crippen LogP contribution < -0.4 is 11.5 Å². The summed E-state index contributed by atoms with van der Waals surface area (Å²) < 4.78 is 1.98. The monoisotopic (exact) mass is 278 g/mol. The van der Waals surface area contributed by atoms with E-state index in [2.05, 4.69) is 4.99 Å². The number of nitrogens with two attached hydrogens (primary N) is 2. The number of aromatic nitrogens is 1. The average Bonchev–Trinajstić information content (AvgIpc) is 2.75. The van der Waals surface area contributed by atoms with Gasteiger partial charge in [0.25, 0.3) is 5.91 Å². The molecular formula is C13H15ClN4O. The summed E-state index contributed by atoms with van der Waals surface area (Å²) >= 11 is 0. The molecule has 2 rings (SSSR count). The second kappa shape index (κ2) is 6.06. The molecule has 0 aliphatic rings. The van der Waals surface area contributed by atoms with Gasteiger partial charge in [-0.1, -0.05) is 6.07 Å². The summed E-state index contributed by atoms with van der Waals surface area (Å²) in [5.74, 6) is -0.677. The quantitative estimate of drug-likeness (QED) is 0.646.